The third kappa shape index (κ3) is 3.82. The van der Waals surface area contributed by atoms with Crippen molar-refractivity contribution in [2.45, 2.75) is 38.1 Å². The van der Waals surface area contributed by atoms with Crippen LogP contribution in [-0.2, 0) is 4.79 Å². The first-order valence-corrected chi connectivity index (χ1v) is 8.22. The average Bonchev–Trinajstić information content (AvgIpc) is 2.93. The van der Waals surface area contributed by atoms with Crippen molar-refractivity contribution in [2.24, 2.45) is 11.7 Å². The highest BCUT2D eigenvalue weighted by Crippen LogP contribution is 2.32. The summed E-state index contributed by atoms with van der Waals surface area (Å²) in [5, 5.41) is 5.73. The fourth-order valence-corrected chi connectivity index (χ4v) is 3.46. The standard InChI is InChI=1S/C17H24N4O2.ClH/c1-17(18)9-3-2-4-14(17)15(22)20-12-5-7-13(8-6-12)21-11-10-19-16(21)23;/h5-8,14H,2-4,9-11,18H2,1H3,(H,19,23)(H,20,22);1H. The smallest absolute Gasteiger partial charge is 0.321 e. The zero-order chi connectivity index (χ0) is 16.4. The topological polar surface area (TPSA) is 87.5 Å². The van der Waals surface area contributed by atoms with Crippen LogP contribution in [0.25, 0.3) is 0 Å². The van der Waals surface area contributed by atoms with Gasteiger partial charge in [-0.25, -0.2) is 4.79 Å². The Labute approximate surface area is 148 Å². The normalized spacial score (nSPS) is 26.5. The molecule has 3 rings (SSSR count). The van der Waals surface area contributed by atoms with Crippen molar-refractivity contribution >= 4 is 35.7 Å². The summed E-state index contributed by atoms with van der Waals surface area (Å²) >= 11 is 0. The van der Waals surface area contributed by atoms with Crippen molar-refractivity contribution in [3.05, 3.63) is 24.3 Å². The number of urea groups is 1. The number of rotatable bonds is 3. The first-order valence-electron chi connectivity index (χ1n) is 8.22. The maximum absolute atomic E-state index is 12.5. The van der Waals surface area contributed by atoms with Crippen molar-refractivity contribution in [1.82, 2.24) is 5.32 Å². The lowest BCUT2D eigenvalue weighted by molar-refractivity contribution is -0.122. The molecule has 1 saturated carbocycles. The molecule has 0 radical (unpaired) electrons. The molecule has 24 heavy (non-hydrogen) atoms. The van der Waals surface area contributed by atoms with Crippen molar-refractivity contribution in [1.29, 1.82) is 0 Å². The zero-order valence-electron chi connectivity index (χ0n) is 13.9. The van der Waals surface area contributed by atoms with Gasteiger partial charge < -0.3 is 16.4 Å². The number of benzene rings is 1. The van der Waals surface area contributed by atoms with Crippen molar-refractivity contribution in [3.63, 3.8) is 0 Å². The van der Waals surface area contributed by atoms with Crippen LogP contribution >= 0.6 is 12.4 Å². The molecule has 1 heterocycles. The Balaban J connectivity index is 0.00000208. The molecule has 6 nitrogen and oxygen atoms in total. The molecule has 2 aliphatic rings. The minimum Gasteiger partial charge on any atom is -0.336 e. The molecule has 132 valence electrons. The van der Waals surface area contributed by atoms with Gasteiger partial charge in [0.15, 0.2) is 0 Å². The number of halogens is 1. The predicted octanol–water partition coefficient (Wildman–Crippen LogP) is 2.48. The number of hydrogen-bond donors (Lipinski definition) is 3. The molecule has 0 aromatic heterocycles. The Morgan fingerprint density at radius 3 is 2.62 bits per heavy atom. The molecular weight excluding hydrogens is 328 g/mol. The lowest BCUT2D eigenvalue weighted by Gasteiger charge is -2.37. The molecule has 0 spiro atoms. The van der Waals surface area contributed by atoms with E-state index < -0.39 is 5.54 Å². The summed E-state index contributed by atoms with van der Waals surface area (Å²) < 4.78 is 0. The van der Waals surface area contributed by atoms with Gasteiger partial charge >= 0.3 is 6.03 Å². The summed E-state index contributed by atoms with van der Waals surface area (Å²) in [5.41, 5.74) is 7.42. The molecule has 1 aromatic carbocycles. The summed E-state index contributed by atoms with van der Waals surface area (Å²) in [6, 6.07) is 7.28. The Kier molecular flexibility index (Phi) is 5.72. The molecule has 1 aliphatic carbocycles. The quantitative estimate of drug-likeness (QED) is 0.781. The van der Waals surface area contributed by atoms with Crippen molar-refractivity contribution in [2.75, 3.05) is 23.3 Å². The molecule has 7 heteroatoms. The number of hydrogen-bond acceptors (Lipinski definition) is 3. The fraction of sp³-hybridized carbons (Fsp3) is 0.529. The van der Waals surface area contributed by atoms with E-state index in [4.69, 9.17) is 5.73 Å². The minimum atomic E-state index is -0.435. The van der Waals surface area contributed by atoms with Crippen LogP contribution in [-0.4, -0.2) is 30.6 Å². The molecule has 2 fully saturated rings. The van der Waals surface area contributed by atoms with Gasteiger partial charge in [0.05, 0.1) is 5.92 Å². The lowest BCUT2D eigenvalue weighted by atomic mass is 9.74. The van der Waals surface area contributed by atoms with Crippen LogP contribution in [0.5, 0.6) is 0 Å². The van der Waals surface area contributed by atoms with Gasteiger partial charge in [0.1, 0.15) is 0 Å². The van der Waals surface area contributed by atoms with Gasteiger partial charge in [-0.2, -0.15) is 0 Å². The molecule has 2 unspecified atom stereocenters. The highest BCUT2D eigenvalue weighted by molar-refractivity contribution is 5.96. The number of anilines is 2. The zero-order valence-corrected chi connectivity index (χ0v) is 14.7. The van der Waals surface area contributed by atoms with E-state index in [-0.39, 0.29) is 30.3 Å². The van der Waals surface area contributed by atoms with E-state index in [1.807, 2.05) is 31.2 Å². The SMILES string of the molecule is CC1(N)CCCCC1C(=O)Nc1ccc(N2CCNC2=O)cc1.Cl. The molecule has 0 bridgehead atoms. The number of amides is 3. The number of carbonyl (C=O) groups is 2. The third-order valence-corrected chi connectivity index (χ3v) is 4.87. The van der Waals surface area contributed by atoms with E-state index in [9.17, 15) is 9.59 Å². The second-order valence-electron chi connectivity index (χ2n) is 6.72. The minimum absolute atomic E-state index is 0. The monoisotopic (exact) mass is 352 g/mol. The number of nitrogens with one attached hydrogen (secondary N) is 2. The molecule has 1 aromatic rings. The van der Waals surface area contributed by atoms with Crippen LogP contribution in [0.4, 0.5) is 16.2 Å². The summed E-state index contributed by atoms with van der Waals surface area (Å²) in [6.45, 7) is 3.29. The third-order valence-electron chi connectivity index (χ3n) is 4.87. The van der Waals surface area contributed by atoms with E-state index in [0.29, 0.717) is 13.1 Å². The van der Waals surface area contributed by atoms with Gasteiger partial charge in [0.25, 0.3) is 0 Å². The summed E-state index contributed by atoms with van der Waals surface area (Å²) in [4.78, 5) is 25.8. The average molecular weight is 353 g/mol. The van der Waals surface area contributed by atoms with Gasteiger partial charge in [0, 0.05) is 30.0 Å². The van der Waals surface area contributed by atoms with Gasteiger partial charge in [-0.05, 0) is 44.0 Å². The molecule has 1 saturated heterocycles. The Morgan fingerprint density at radius 2 is 2.04 bits per heavy atom. The van der Waals surface area contributed by atoms with E-state index >= 15 is 0 Å². The van der Waals surface area contributed by atoms with Gasteiger partial charge in [0.2, 0.25) is 5.91 Å². The maximum atomic E-state index is 12.5. The van der Waals surface area contributed by atoms with E-state index in [2.05, 4.69) is 10.6 Å². The number of nitrogens with zero attached hydrogens (tertiary/aromatic N) is 1. The number of nitrogens with two attached hydrogens (primary N) is 1. The summed E-state index contributed by atoms with van der Waals surface area (Å²) in [7, 11) is 0. The first-order chi connectivity index (χ1) is 11.0. The lowest BCUT2D eigenvalue weighted by Crippen LogP contribution is -2.51. The number of carbonyl (C=O) groups excluding carboxylic acids is 2. The van der Waals surface area contributed by atoms with Crippen molar-refractivity contribution < 1.29 is 9.59 Å². The van der Waals surface area contributed by atoms with Crippen LogP contribution in [0.2, 0.25) is 0 Å². The molecule has 1 aliphatic heterocycles. The van der Waals surface area contributed by atoms with Crippen LogP contribution < -0.4 is 21.3 Å². The maximum Gasteiger partial charge on any atom is 0.321 e. The largest absolute Gasteiger partial charge is 0.336 e. The molecule has 4 N–H and O–H groups in total. The highest BCUT2D eigenvalue weighted by Gasteiger charge is 2.37. The van der Waals surface area contributed by atoms with Crippen LogP contribution in [0, 0.1) is 5.92 Å². The summed E-state index contributed by atoms with van der Waals surface area (Å²) in [5.74, 6) is -0.165. The second kappa shape index (κ2) is 7.40. The van der Waals surface area contributed by atoms with Gasteiger partial charge in [-0.15, -0.1) is 12.4 Å². The van der Waals surface area contributed by atoms with Crippen LogP contribution in [0.1, 0.15) is 32.6 Å². The van der Waals surface area contributed by atoms with Crippen molar-refractivity contribution in [3.8, 4) is 0 Å². The Bertz CT molecular complexity index is 603. The van der Waals surface area contributed by atoms with Gasteiger partial charge in [-0.3, -0.25) is 9.69 Å². The Morgan fingerprint density at radius 1 is 1.33 bits per heavy atom. The van der Waals surface area contributed by atoms with Crippen LogP contribution in [0.15, 0.2) is 24.3 Å². The van der Waals surface area contributed by atoms with E-state index in [0.717, 1.165) is 37.1 Å². The van der Waals surface area contributed by atoms with Gasteiger partial charge in [-0.1, -0.05) is 12.8 Å². The summed E-state index contributed by atoms with van der Waals surface area (Å²) in [6.07, 6.45) is 3.86. The Hall–Kier alpha value is -1.79. The second-order valence-corrected chi connectivity index (χ2v) is 6.72. The molecule has 3 amide bonds. The van der Waals surface area contributed by atoms with Crippen LogP contribution in [0.3, 0.4) is 0 Å². The first kappa shape index (κ1) is 18.5. The predicted molar refractivity (Wildman–Crippen MR) is 97.6 cm³/mol. The highest BCUT2D eigenvalue weighted by atomic mass is 35.5. The molecular formula is C17H25ClN4O2. The fourth-order valence-electron chi connectivity index (χ4n) is 3.46. The van der Waals surface area contributed by atoms with E-state index in [1.165, 1.54) is 0 Å². The van der Waals surface area contributed by atoms with E-state index in [1.54, 1.807) is 4.90 Å². The molecule has 2 atom stereocenters.